The first-order valence-electron chi connectivity index (χ1n) is 7.90. The molecule has 1 saturated heterocycles. The predicted molar refractivity (Wildman–Crippen MR) is 82.1 cm³/mol. The molecule has 1 aromatic carbocycles. The highest BCUT2D eigenvalue weighted by atomic mass is 16.6. The standard InChI is InChI=1S/C16H23N3O2/c20-19(21)16-3-1-2-14(10-16)12-18-8-6-15(7-9-18)17-11-13-4-5-13/h1-3,10,13,15,17H,4-9,11-12H2. The van der Waals surface area contributed by atoms with Crippen molar-refractivity contribution in [2.24, 2.45) is 5.92 Å². The van der Waals surface area contributed by atoms with E-state index in [1.165, 1.54) is 32.2 Å². The van der Waals surface area contributed by atoms with Gasteiger partial charge in [-0.15, -0.1) is 0 Å². The van der Waals surface area contributed by atoms with Crippen LogP contribution in [0.5, 0.6) is 0 Å². The summed E-state index contributed by atoms with van der Waals surface area (Å²) in [5.41, 5.74) is 1.22. The van der Waals surface area contributed by atoms with E-state index >= 15 is 0 Å². The Bertz CT molecular complexity index is 494. The Kier molecular flexibility index (Phi) is 4.51. The molecule has 0 radical (unpaired) electrons. The van der Waals surface area contributed by atoms with Gasteiger partial charge in [0, 0.05) is 24.7 Å². The molecule has 2 aliphatic rings. The van der Waals surface area contributed by atoms with E-state index in [-0.39, 0.29) is 10.6 Å². The van der Waals surface area contributed by atoms with Crippen LogP contribution in [0.25, 0.3) is 0 Å². The van der Waals surface area contributed by atoms with Crippen molar-refractivity contribution in [1.29, 1.82) is 0 Å². The average molecular weight is 289 g/mol. The summed E-state index contributed by atoms with van der Waals surface area (Å²) in [6.07, 6.45) is 5.17. The van der Waals surface area contributed by atoms with E-state index in [0.717, 1.165) is 31.1 Å². The van der Waals surface area contributed by atoms with Crippen LogP contribution in [-0.2, 0) is 6.54 Å². The Morgan fingerprint density at radius 2 is 2.00 bits per heavy atom. The van der Waals surface area contributed by atoms with Crippen LogP contribution >= 0.6 is 0 Å². The van der Waals surface area contributed by atoms with Gasteiger partial charge in [-0.3, -0.25) is 15.0 Å². The topological polar surface area (TPSA) is 58.4 Å². The largest absolute Gasteiger partial charge is 0.314 e. The van der Waals surface area contributed by atoms with Crippen molar-refractivity contribution < 1.29 is 4.92 Å². The van der Waals surface area contributed by atoms with E-state index in [1.54, 1.807) is 18.2 Å². The van der Waals surface area contributed by atoms with E-state index in [1.807, 2.05) is 6.07 Å². The van der Waals surface area contributed by atoms with Crippen LogP contribution in [0.3, 0.4) is 0 Å². The quantitative estimate of drug-likeness (QED) is 0.646. The van der Waals surface area contributed by atoms with Gasteiger partial charge in [-0.05, 0) is 56.8 Å². The van der Waals surface area contributed by atoms with Crippen molar-refractivity contribution in [3.63, 3.8) is 0 Å². The fourth-order valence-electron chi connectivity index (χ4n) is 2.98. The van der Waals surface area contributed by atoms with Gasteiger partial charge in [0.05, 0.1) is 4.92 Å². The summed E-state index contributed by atoms with van der Waals surface area (Å²) in [7, 11) is 0. The number of rotatable bonds is 6. The van der Waals surface area contributed by atoms with Gasteiger partial charge in [-0.25, -0.2) is 0 Å². The molecular weight excluding hydrogens is 266 g/mol. The number of non-ortho nitro benzene ring substituents is 1. The van der Waals surface area contributed by atoms with Crippen LogP contribution < -0.4 is 5.32 Å². The van der Waals surface area contributed by atoms with Crippen LogP contribution in [-0.4, -0.2) is 35.5 Å². The summed E-state index contributed by atoms with van der Waals surface area (Å²) in [5.74, 6) is 0.938. The molecule has 2 fully saturated rings. The van der Waals surface area contributed by atoms with E-state index in [4.69, 9.17) is 0 Å². The van der Waals surface area contributed by atoms with Gasteiger partial charge in [0.1, 0.15) is 0 Å². The zero-order valence-electron chi connectivity index (χ0n) is 12.3. The first kappa shape index (κ1) is 14.5. The summed E-state index contributed by atoms with van der Waals surface area (Å²) in [6, 6.07) is 7.66. The van der Waals surface area contributed by atoms with Crippen LogP contribution in [0.1, 0.15) is 31.2 Å². The summed E-state index contributed by atoms with van der Waals surface area (Å²) in [6.45, 7) is 4.16. The molecule has 0 bridgehead atoms. The van der Waals surface area contributed by atoms with Crippen molar-refractivity contribution in [3.8, 4) is 0 Å². The first-order valence-corrected chi connectivity index (χ1v) is 7.90. The molecule has 5 heteroatoms. The molecule has 0 atom stereocenters. The molecule has 1 N–H and O–H groups in total. The fraction of sp³-hybridized carbons (Fsp3) is 0.625. The lowest BCUT2D eigenvalue weighted by Crippen LogP contribution is -2.42. The molecular formula is C16H23N3O2. The Balaban J connectivity index is 1.46. The lowest BCUT2D eigenvalue weighted by atomic mass is 10.0. The highest BCUT2D eigenvalue weighted by Crippen LogP contribution is 2.28. The van der Waals surface area contributed by atoms with Gasteiger partial charge in [0.15, 0.2) is 0 Å². The average Bonchev–Trinajstić information content (AvgIpc) is 3.31. The number of piperidine rings is 1. The van der Waals surface area contributed by atoms with Gasteiger partial charge in [-0.2, -0.15) is 0 Å². The smallest absolute Gasteiger partial charge is 0.269 e. The molecule has 1 aliphatic heterocycles. The zero-order chi connectivity index (χ0) is 14.7. The minimum atomic E-state index is -0.322. The van der Waals surface area contributed by atoms with E-state index in [0.29, 0.717) is 6.04 Å². The van der Waals surface area contributed by atoms with Gasteiger partial charge in [-0.1, -0.05) is 12.1 Å². The minimum absolute atomic E-state index is 0.188. The third-order valence-electron chi connectivity index (χ3n) is 4.51. The molecule has 0 unspecified atom stereocenters. The minimum Gasteiger partial charge on any atom is -0.314 e. The summed E-state index contributed by atoms with van der Waals surface area (Å²) in [4.78, 5) is 12.9. The summed E-state index contributed by atoms with van der Waals surface area (Å²) in [5, 5.41) is 14.5. The third kappa shape index (κ3) is 4.25. The summed E-state index contributed by atoms with van der Waals surface area (Å²) < 4.78 is 0. The maximum atomic E-state index is 10.8. The number of benzene rings is 1. The maximum Gasteiger partial charge on any atom is 0.269 e. The van der Waals surface area contributed by atoms with Crippen LogP contribution in [0.2, 0.25) is 0 Å². The monoisotopic (exact) mass is 289 g/mol. The van der Waals surface area contributed by atoms with Gasteiger partial charge in [0.25, 0.3) is 5.69 Å². The third-order valence-corrected chi connectivity index (χ3v) is 4.51. The van der Waals surface area contributed by atoms with Crippen molar-refractivity contribution in [2.45, 2.75) is 38.3 Å². The van der Waals surface area contributed by atoms with Crippen molar-refractivity contribution in [3.05, 3.63) is 39.9 Å². The van der Waals surface area contributed by atoms with Crippen molar-refractivity contribution in [2.75, 3.05) is 19.6 Å². The molecule has 0 spiro atoms. The second-order valence-corrected chi connectivity index (χ2v) is 6.33. The van der Waals surface area contributed by atoms with E-state index in [2.05, 4.69) is 10.2 Å². The summed E-state index contributed by atoms with van der Waals surface area (Å²) >= 11 is 0. The molecule has 0 amide bonds. The van der Waals surface area contributed by atoms with Gasteiger partial charge in [0.2, 0.25) is 0 Å². The number of nitro benzene ring substituents is 1. The molecule has 5 nitrogen and oxygen atoms in total. The Morgan fingerprint density at radius 1 is 1.24 bits per heavy atom. The molecule has 1 aliphatic carbocycles. The molecule has 1 heterocycles. The first-order chi connectivity index (χ1) is 10.2. The van der Waals surface area contributed by atoms with Gasteiger partial charge >= 0.3 is 0 Å². The Hall–Kier alpha value is -1.46. The number of hydrogen-bond acceptors (Lipinski definition) is 4. The molecule has 1 aromatic rings. The predicted octanol–water partition coefficient (Wildman–Crippen LogP) is 2.56. The lowest BCUT2D eigenvalue weighted by molar-refractivity contribution is -0.384. The molecule has 114 valence electrons. The number of likely N-dealkylation sites (tertiary alicyclic amines) is 1. The lowest BCUT2D eigenvalue weighted by Gasteiger charge is -2.32. The number of nitro groups is 1. The van der Waals surface area contributed by atoms with Crippen LogP contribution in [0, 0.1) is 16.0 Å². The molecule has 1 saturated carbocycles. The molecule has 21 heavy (non-hydrogen) atoms. The van der Waals surface area contributed by atoms with E-state index < -0.39 is 0 Å². The number of nitrogens with one attached hydrogen (secondary N) is 1. The van der Waals surface area contributed by atoms with Crippen LogP contribution in [0.4, 0.5) is 5.69 Å². The van der Waals surface area contributed by atoms with Gasteiger partial charge < -0.3 is 5.32 Å². The molecule has 3 rings (SSSR count). The van der Waals surface area contributed by atoms with Crippen LogP contribution in [0.15, 0.2) is 24.3 Å². The SMILES string of the molecule is O=[N+]([O-])c1cccc(CN2CCC(NCC3CC3)CC2)c1. The zero-order valence-corrected chi connectivity index (χ0v) is 12.3. The maximum absolute atomic E-state index is 10.8. The Labute approximate surface area is 125 Å². The molecule has 0 aromatic heterocycles. The normalized spacial score (nSPS) is 20.6. The second-order valence-electron chi connectivity index (χ2n) is 6.33. The highest BCUT2D eigenvalue weighted by molar-refractivity contribution is 5.34. The number of hydrogen-bond donors (Lipinski definition) is 1. The van der Waals surface area contributed by atoms with Crippen molar-refractivity contribution >= 4 is 5.69 Å². The Morgan fingerprint density at radius 3 is 2.67 bits per heavy atom. The second kappa shape index (κ2) is 6.54. The van der Waals surface area contributed by atoms with E-state index in [9.17, 15) is 10.1 Å². The highest BCUT2D eigenvalue weighted by Gasteiger charge is 2.24. The number of nitrogens with zero attached hydrogens (tertiary/aromatic N) is 2. The fourth-order valence-corrected chi connectivity index (χ4v) is 2.98. The van der Waals surface area contributed by atoms with Crippen molar-refractivity contribution in [1.82, 2.24) is 10.2 Å².